The summed E-state index contributed by atoms with van der Waals surface area (Å²) in [5.41, 5.74) is 0.619. The zero-order valence-electron chi connectivity index (χ0n) is 42.8. The summed E-state index contributed by atoms with van der Waals surface area (Å²) in [6.07, 6.45) is 33.9. The van der Waals surface area contributed by atoms with Crippen LogP contribution >= 0.6 is 0 Å². The number of aliphatic hydroxyl groups excluding tert-OH is 1. The van der Waals surface area contributed by atoms with E-state index >= 15 is 0 Å². The lowest BCUT2D eigenvalue weighted by Gasteiger charge is -2.33. The highest BCUT2D eigenvalue weighted by atomic mass is 16.6. The predicted octanol–water partition coefficient (Wildman–Crippen LogP) is 15.0. The van der Waals surface area contributed by atoms with E-state index in [9.17, 15) is 24.3 Å². The number of esters is 3. The highest BCUT2D eigenvalue weighted by molar-refractivity contribution is 5.90. The molecule has 0 unspecified atom stereocenters. The lowest BCUT2D eigenvalue weighted by molar-refractivity contribution is -0.155. The molecule has 0 aliphatic carbocycles. The number of hydrogen-bond donors (Lipinski definition) is 2. The van der Waals surface area contributed by atoms with E-state index in [0.29, 0.717) is 31.2 Å². The van der Waals surface area contributed by atoms with Crippen molar-refractivity contribution in [2.45, 2.75) is 258 Å². The summed E-state index contributed by atoms with van der Waals surface area (Å²) in [6, 6.07) is 15.9. The molecule has 1 amide bonds. The van der Waals surface area contributed by atoms with E-state index < -0.39 is 54.8 Å². The van der Waals surface area contributed by atoms with Crippen molar-refractivity contribution in [1.29, 1.82) is 0 Å². The minimum absolute atomic E-state index is 0.283. The van der Waals surface area contributed by atoms with Crippen molar-refractivity contribution in [2.75, 3.05) is 6.61 Å². The standard InChI is InChI=1S/C58H95NO8/c1-5-6-7-8-9-10-11-12-13-14-15-16-17-18-19-20-23-27-30-39-46-54(65-49(4)61)56(62)59-52(47-60)55(67-58(64)51-43-36-32-37-44-51)53(66-57(63)50-41-34-31-35-42-50)45-38-29-26-24-21-22-25-28-33-40-48(2)3/h31-32,34-37,41-44,48,52-55,60H,5-30,33,38-40,45-47H2,1-4H3,(H,59,62)/t52-,53+,54+,55-/m0/s1. The minimum Gasteiger partial charge on any atom is -0.455 e. The zero-order valence-corrected chi connectivity index (χ0v) is 42.8. The number of rotatable bonds is 43. The van der Waals surface area contributed by atoms with Crippen molar-refractivity contribution < 1.29 is 38.5 Å². The van der Waals surface area contributed by atoms with E-state index in [4.69, 9.17) is 14.2 Å². The monoisotopic (exact) mass is 934 g/mol. The molecule has 0 bridgehead atoms. The van der Waals surface area contributed by atoms with Gasteiger partial charge in [-0.1, -0.05) is 237 Å². The summed E-state index contributed by atoms with van der Waals surface area (Å²) in [6.45, 7) is 7.49. The number of unbranched alkanes of at least 4 members (excludes halogenated alkanes) is 27. The molecule has 0 aliphatic heterocycles. The van der Waals surface area contributed by atoms with E-state index in [0.717, 1.165) is 44.4 Å². The van der Waals surface area contributed by atoms with E-state index in [-0.39, 0.29) is 5.56 Å². The number of carbonyl (C=O) groups is 4. The molecule has 9 nitrogen and oxygen atoms in total. The molecule has 0 fully saturated rings. The van der Waals surface area contributed by atoms with Gasteiger partial charge in [0.25, 0.3) is 5.91 Å². The molecular weight excluding hydrogens is 839 g/mol. The molecule has 2 rings (SSSR count). The molecule has 0 aliphatic rings. The van der Waals surface area contributed by atoms with E-state index in [1.54, 1.807) is 54.6 Å². The number of carbonyl (C=O) groups excluding carboxylic acids is 4. The summed E-state index contributed by atoms with van der Waals surface area (Å²) < 4.78 is 17.8. The average Bonchev–Trinajstić information content (AvgIpc) is 3.33. The minimum atomic E-state index is -1.24. The van der Waals surface area contributed by atoms with Gasteiger partial charge in [-0.2, -0.15) is 0 Å². The van der Waals surface area contributed by atoms with Crippen LogP contribution in [0.4, 0.5) is 0 Å². The SMILES string of the molecule is CCCCCCCCCCCCCCCCCCCCCC[C@@H](OC(C)=O)C(=O)N[C@@H](CO)[C@H](OC(=O)c1ccccc1)[C@@H](CCCCCCCCCCCC(C)C)OC(=O)c1ccccc1. The second kappa shape index (κ2) is 40.2. The quantitative estimate of drug-likeness (QED) is 0.0382. The normalized spacial score (nSPS) is 13.2. The number of nitrogens with one attached hydrogen (secondary N) is 1. The van der Waals surface area contributed by atoms with Gasteiger partial charge in [0.05, 0.1) is 23.8 Å². The van der Waals surface area contributed by atoms with Gasteiger partial charge in [-0.15, -0.1) is 0 Å². The molecule has 2 aromatic carbocycles. The third-order valence-electron chi connectivity index (χ3n) is 13.0. The Labute approximate surface area is 408 Å². The van der Waals surface area contributed by atoms with Crippen LogP contribution < -0.4 is 5.32 Å². The number of amides is 1. The molecule has 0 spiro atoms. The first-order valence-electron chi connectivity index (χ1n) is 27.3. The van der Waals surface area contributed by atoms with Crippen LogP contribution in [0.5, 0.6) is 0 Å². The van der Waals surface area contributed by atoms with Crippen LogP contribution in [0.25, 0.3) is 0 Å². The first-order chi connectivity index (χ1) is 32.7. The molecule has 2 N–H and O–H groups in total. The van der Waals surface area contributed by atoms with E-state index in [2.05, 4.69) is 26.1 Å². The smallest absolute Gasteiger partial charge is 0.338 e. The van der Waals surface area contributed by atoms with E-state index in [1.807, 2.05) is 6.07 Å². The highest BCUT2D eigenvalue weighted by Crippen LogP contribution is 2.23. The second-order valence-electron chi connectivity index (χ2n) is 19.6. The first kappa shape index (κ1) is 59.4. The van der Waals surface area contributed by atoms with Crippen LogP contribution in [0, 0.1) is 5.92 Å². The lowest BCUT2D eigenvalue weighted by atomic mass is 9.98. The van der Waals surface area contributed by atoms with Gasteiger partial charge in [-0.3, -0.25) is 9.59 Å². The van der Waals surface area contributed by atoms with Crippen molar-refractivity contribution >= 4 is 23.8 Å². The van der Waals surface area contributed by atoms with Crippen LogP contribution in [0.3, 0.4) is 0 Å². The first-order valence-corrected chi connectivity index (χ1v) is 27.3. The van der Waals surface area contributed by atoms with Crippen LogP contribution in [-0.4, -0.2) is 59.9 Å². The van der Waals surface area contributed by atoms with Crippen molar-refractivity contribution in [1.82, 2.24) is 5.32 Å². The summed E-state index contributed by atoms with van der Waals surface area (Å²) in [7, 11) is 0. The van der Waals surface area contributed by atoms with Gasteiger partial charge in [0.2, 0.25) is 0 Å². The zero-order chi connectivity index (χ0) is 48.6. The molecule has 0 radical (unpaired) electrons. The maximum atomic E-state index is 13.9. The van der Waals surface area contributed by atoms with Gasteiger partial charge < -0.3 is 24.6 Å². The third kappa shape index (κ3) is 30.4. The molecule has 0 heterocycles. The Morgan fingerprint density at radius 2 is 0.836 bits per heavy atom. The van der Waals surface area contributed by atoms with Gasteiger partial charge in [0, 0.05) is 6.92 Å². The van der Waals surface area contributed by atoms with Crippen LogP contribution in [0.2, 0.25) is 0 Å². The predicted molar refractivity (Wildman–Crippen MR) is 274 cm³/mol. The topological polar surface area (TPSA) is 128 Å². The van der Waals surface area contributed by atoms with Gasteiger partial charge in [-0.25, -0.2) is 9.59 Å². The van der Waals surface area contributed by atoms with Gasteiger partial charge in [-0.05, 0) is 55.9 Å². The molecule has 67 heavy (non-hydrogen) atoms. The average molecular weight is 934 g/mol. The second-order valence-corrected chi connectivity index (χ2v) is 19.6. The number of benzene rings is 2. The summed E-state index contributed by atoms with van der Waals surface area (Å²) in [5.74, 6) is -1.69. The fourth-order valence-electron chi connectivity index (χ4n) is 8.92. The molecule has 0 saturated carbocycles. The summed E-state index contributed by atoms with van der Waals surface area (Å²) in [5, 5.41) is 13.7. The Bertz CT molecular complexity index is 1520. The van der Waals surface area contributed by atoms with Crippen molar-refractivity contribution in [3.63, 3.8) is 0 Å². The molecule has 0 saturated heterocycles. The van der Waals surface area contributed by atoms with Crippen LogP contribution in [0.15, 0.2) is 60.7 Å². The molecule has 2 aromatic rings. The van der Waals surface area contributed by atoms with Crippen molar-refractivity contribution in [3.8, 4) is 0 Å². The Hall–Kier alpha value is -3.72. The highest BCUT2D eigenvalue weighted by Gasteiger charge is 2.38. The Morgan fingerprint density at radius 1 is 0.478 bits per heavy atom. The molecule has 380 valence electrons. The summed E-state index contributed by atoms with van der Waals surface area (Å²) in [4.78, 5) is 53.4. The number of ether oxygens (including phenoxy) is 3. The molecular formula is C58H95NO8. The van der Waals surface area contributed by atoms with Gasteiger partial charge in [0.1, 0.15) is 6.10 Å². The van der Waals surface area contributed by atoms with E-state index in [1.165, 1.54) is 148 Å². The van der Waals surface area contributed by atoms with Crippen molar-refractivity contribution in [3.05, 3.63) is 71.8 Å². The largest absolute Gasteiger partial charge is 0.455 e. The molecule has 4 atom stereocenters. The number of aliphatic hydroxyl groups is 1. The third-order valence-corrected chi connectivity index (χ3v) is 13.0. The Balaban J connectivity index is 1.95. The molecule has 0 aromatic heterocycles. The maximum Gasteiger partial charge on any atom is 0.338 e. The number of hydrogen-bond acceptors (Lipinski definition) is 8. The maximum absolute atomic E-state index is 13.9. The fraction of sp³-hybridized carbons (Fsp3) is 0.724. The Kier molecular flexibility index (Phi) is 35.6. The molecule has 9 heteroatoms. The fourth-order valence-corrected chi connectivity index (χ4v) is 8.92. The van der Waals surface area contributed by atoms with Crippen LogP contribution in [-0.2, 0) is 23.8 Å². The summed E-state index contributed by atoms with van der Waals surface area (Å²) >= 11 is 0. The lowest BCUT2D eigenvalue weighted by Crippen LogP contribution is -2.55. The Morgan fingerprint density at radius 3 is 1.21 bits per heavy atom. The van der Waals surface area contributed by atoms with Gasteiger partial charge >= 0.3 is 17.9 Å². The van der Waals surface area contributed by atoms with Crippen molar-refractivity contribution in [2.24, 2.45) is 5.92 Å². The van der Waals surface area contributed by atoms with Crippen LogP contribution in [0.1, 0.15) is 254 Å². The van der Waals surface area contributed by atoms with Gasteiger partial charge in [0.15, 0.2) is 12.2 Å².